The monoisotopic (exact) mass is 393 g/mol. The number of hydrogen-bond donors (Lipinski definition) is 3. The van der Waals surface area contributed by atoms with Gasteiger partial charge in [-0.25, -0.2) is 0 Å². The van der Waals surface area contributed by atoms with Crippen LogP contribution < -0.4 is 16.4 Å². The molecule has 2 unspecified atom stereocenters. The SMILES string of the molecule is Cc1ccc(NC(=O)C2(CNC(=O)C3CCC(N)C3)CCCC2)cc1C.Cl. The highest BCUT2D eigenvalue weighted by molar-refractivity contribution is 5.96. The van der Waals surface area contributed by atoms with Crippen LogP contribution in [0.2, 0.25) is 0 Å². The molecule has 1 aromatic rings. The molecule has 5 nitrogen and oxygen atoms in total. The Morgan fingerprint density at radius 1 is 1.15 bits per heavy atom. The van der Waals surface area contributed by atoms with E-state index in [-0.39, 0.29) is 36.2 Å². The van der Waals surface area contributed by atoms with E-state index in [1.165, 1.54) is 5.56 Å². The summed E-state index contributed by atoms with van der Waals surface area (Å²) in [5, 5.41) is 6.14. The van der Waals surface area contributed by atoms with Crippen molar-refractivity contribution in [3.63, 3.8) is 0 Å². The Morgan fingerprint density at radius 3 is 2.44 bits per heavy atom. The summed E-state index contributed by atoms with van der Waals surface area (Å²) in [6.45, 7) is 4.53. The molecule has 0 saturated heterocycles. The Bertz CT molecular complexity index is 686. The Balaban J connectivity index is 0.00000261. The summed E-state index contributed by atoms with van der Waals surface area (Å²) in [6, 6.07) is 6.12. The number of carbonyl (C=O) groups excluding carboxylic acids is 2. The molecular weight excluding hydrogens is 362 g/mol. The maximum atomic E-state index is 13.0. The van der Waals surface area contributed by atoms with Gasteiger partial charge in [0.2, 0.25) is 11.8 Å². The maximum absolute atomic E-state index is 13.0. The van der Waals surface area contributed by atoms with Crippen LogP contribution in [0.3, 0.4) is 0 Å². The van der Waals surface area contributed by atoms with Crippen molar-refractivity contribution in [2.24, 2.45) is 17.1 Å². The molecule has 150 valence electrons. The molecule has 4 N–H and O–H groups in total. The Morgan fingerprint density at radius 2 is 1.85 bits per heavy atom. The lowest BCUT2D eigenvalue weighted by Gasteiger charge is -2.28. The van der Waals surface area contributed by atoms with E-state index < -0.39 is 5.41 Å². The van der Waals surface area contributed by atoms with Gasteiger partial charge in [-0.2, -0.15) is 0 Å². The molecule has 1 aromatic carbocycles. The summed E-state index contributed by atoms with van der Waals surface area (Å²) in [6.07, 6.45) is 6.25. The Hall–Kier alpha value is -1.59. The number of aryl methyl sites for hydroxylation is 2. The lowest BCUT2D eigenvalue weighted by Crippen LogP contribution is -2.45. The standard InChI is InChI=1S/C21H31N3O2.ClH/c1-14-5-8-18(11-15(14)2)24-20(26)21(9-3-4-10-21)13-23-19(25)16-6-7-17(22)12-16;/h5,8,11,16-17H,3-4,6-7,9-10,12-13,22H2,1-2H3,(H,23,25)(H,24,26);1H. The van der Waals surface area contributed by atoms with Crippen molar-refractivity contribution in [2.45, 2.75) is 64.8 Å². The molecule has 2 saturated carbocycles. The van der Waals surface area contributed by atoms with Gasteiger partial charge in [0.05, 0.1) is 5.41 Å². The molecule has 2 aliphatic rings. The van der Waals surface area contributed by atoms with Crippen LogP contribution in [0.4, 0.5) is 5.69 Å². The van der Waals surface area contributed by atoms with Crippen LogP contribution in [0, 0.1) is 25.2 Å². The lowest BCUT2D eigenvalue weighted by atomic mass is 9.84. The molecule has 2 atom stereocenters. The first-order valence-corrected chi connectivity index (χ1v) is 9.82. The van der Waals surface area contributed by atoms with Crippen molar-refractivity contribution in [2.75, 3.05) is 11.9 Å². The van der Waals surface area contributed by atoms with Crippen LogP contribution >= 0.6 is 12.4 Å². The molecule has 0 radical (unpaired) electrons. The molecule has 27 heavy (non-hydrogen) atoms. The minimum Gasteiger partial charge on any atom is -0.355 e. The number of benzene rings is 1. The predicted molar refractivity (Wildman–Crippen MR) is 111 cm³/mol. The molecule has 0 aromatic heterocycles. The van der Waals surface area contributed by atoms with Gasteiger partial charge in [-0.3, -0.25) is 9.59 Å². The van der Waals surface area contributed by atoms with E-state index in [0.29, 0.717) is 6.54 Å². The van der Waals surface area contributed by atoms with Crippen molar-refractivity contribution >= 4 is 29.9 Å². The zero-order chi connectivity index (χ0) is 18.7. The largest absolute Gasteiger partial charge is 0.355 e. The van der Waals surface area contributed by atoms with Gasteiger partial charge in [0, 0.05) is 24.2 Å². The normalized spacial score (nSPS) is 23.5. The minimum atomic E-state index is -0.491. The van der Waals surface area contributed by atoms with E-state index in [9.17, 15) is 9.59 Å². The van der Waals surface area contributed by atoms with E-state index in [4.69, 9.17) is 5.73 Å². The fraction of sp³-hybridized carbons (Fsp3) is 0.619. The van der Waals surface area contributed by atoms with Crippen molar-refractivity contribution in [3.05, 3.63) is 29.3 Å². The van der Waals surface area contributed by atoms with E-state index in [1.807, 2.05) is 25.1 Å². The maximum Gasteiger partial charge on any atom is 0.232 e. The number of carbonyl (C=O) groups is 2. The molecule has 0 spiro atoms. The van der Waals surface area contributed by atoms with Gasteiger partial charge < -0.3 is 16.4 Å². The third-order valence-electron chi connectivity index (χ3n) is 6.25. The number of nitrogens with two attached hydrogens (primary N) is 1. The van der Waals surface area contributed by atoms with Crippen LogP contribution in [0.15, 0.2) is 18.2 Å². The van der Waals surface area contributed by atoms with Crippen LogP contribution in [-0.4, -0.2) is 24.4 Å². The molecule has 6 heteroatoms. The van der Waals surface area contributed by atoms with Gasteiger partial charge in [0.25, 0.3) is 0 Å². The Kier molecular flexibility index (Phi) is 7.29. The van der Waals surface area contributed by atoms with Gasteiger partial charge in [0.15, 0.2) is 0 Å². The summed E-state index contributed by atoms with van der Waals surface area (Å²) >= 11 is 0. The van der Waals surface area contributed by atoms with Crippen molar-refractivity contribution < 1.29 is 9.59 Å². The highest BCUT2D eigenvalue weighted by Gasteiger charge is 2.42. The molecule has 2 fully saturated rings. The first kappa shape index (κ1) is 21.7. The van der Waals surface area contributed by atoms with Gasteiger partial charge in [0.1, 0.15) is 0 Å². The number of hydrogen-bond acceptors (Lipinski definition) is 3. The second kappa shape index (κ2) is 9.07. The Labute approximate surface area is 168 Å². The van der Waals surface area contributed by atoms with Crippen LogP contribution in [0.1, 0.15) is 56.1 Å². The van der Waals surface area contributed by atoms with Crippen LogP contribution in [0.5, 0.6) is 0 Å². The lowest BCUT2D eigenvalue weighted by molar-refractivity contribution is -0.128. The average Bonchev–Trinajstić information content (AvgIpc) is 3.26. The van der Waals surface area contributed by atoms with Crippen molar-refractivity contribution in [3.8, 4) is 0 Å². The summed E-state index contributed by atoms with van der Waals surface area (Å²) in [4.78, 5) is 25.5. The van der Waals surface area contributed by atoms with Gasteiger partial charge in [-0.05, 0) is 69.2 Å². The molecule has 0 aliphatic heterocycles. The number of halogens is 1. The topological polar surface area (TPSA) is 84.2 Å². The minimum absolute atomic E-state index is 0. The number of anilines is 1. The highest BCUT2D eigenvalue weighted by Crippen LogP contribution is 2.39. The van der Waals surface area contributed by atoms with E-state index in [1.54, 1.807) is 0 Å². The van der Waals surface area contributed by atoms with E-state index in [0.717, 1.165) is 56.2 Å². The fourth-order valence-electron chi connectivity index (χ4n) is 4.27. The van der Waals surface area contributed by atoms with Gasteiger partial charge >= 0.3 is 0 Å². The zero-order valence-electron chi connectivity index (χ0n) is 16.3. The van der Waals surface area contributed by atoms with Gasteiger partial charge in [-0.15, -0.1) is 12.4 Å². The molecule has 0 heterocycles. The number of rotatable bonds is 5. The fourth-order valence-corrected chi connectivity index (χ4v) is 4.27. The summed E-state index contributed by atoms with van der Waals surface area (Å²) in [5.41, 5.74) is 8.63. The molecule has 2 aliphatic carbocycles. The van der Waals surface area contributed by atoms with Gasteiger partial charge in [-0.1, -0.05) is 18.9 Å². The predicted octanol–water partition coefficient (Wildman–Crippen LogP) is 3.47. The molecular formula is C21H32ClN3O2. The van der Waals surface area contributed by atoms with E-state index >= 15 is 0 Å². The second-order valence-corrected chi connectivity index (χ2v) is 8.23. The summed E-state index contributed by atoms with van der Waals surface area (Å²) in [5.74, 6) is 0.0937. The summed E-state index contributed by atoms with van der Waals surface area (Å²) < 4.78 is 0. The number of nitrogens with one attached hydrogen (secondary N) is 2. The van der Waals surface area contributed by atoms with Crippen molar-refractivity contribution in [1.82, 2.24) is 5.32 Å². The highest BCUT2D eigenvalue weighted by atomic mass is 35.5. The summed E-state index contributed by atoms with van der Waals surface area (Å²) in [7, 11) is 0. The second-order valence-electron chi connectivity index (χ2n) is 8.23. The zero-order valence-corrected chi connectivity index (χ0v) is 17.2. The quantitative estimate of drug-likeness (QED) is 0.716. The molecule has 0 bridgehead atoms. The smallest absolute Gasteiger partial charge is 0.232 e. The first-order chi connectivity index (χ1) is 12.4. The van der Waals surface area contributed by atoms with Crippen LogP contribution in [-0.2, 0) is 9.59 Å². The first-order valence-electron chi connectivity index (χ1n) is 9.82. The third kappa shape index (κ3) is 5.02. The molecule has 2 amide bonds. The van der Waals surface area contributed by atoms with Crippen LogP contribution in [0.25, 0.3) is 0 Å². The number of amides is 2. The van der Waals surface area contributed by atoms with Crippen molar-refractivity contribution in [1.29, 1.82) is 0 Å². The third-order valence-corrected chi connectivity index (χ3v) is 6.25. The molecule has 3 rings (SSSR count). The average molecular weight is 394 g/mol. The van der Waals surface area contributed by atoms with E-state index in [2.05, 4.69) is 17.6 Å².